The van der Waals surface area contributed by atoms with Crippen LogP contribution in [0.3, 0.4) is 0 Å². The van der Waals surface area contributed by atoms with Crippen LogP contribution in [0.1, 0.15) is 33.6 Å². The van der Waals surface area contributed by atoms with Gasteiger partial charge in [-0.25, -0.2) is 9.18 Å². The van der Waals surface area contributed by atoms with Gasteiger partial charge in [0.1, 0.15) is 17.5 Å². The van der Waals surface area contributed by atoms with Crippen LogP contribution in [0, 0.1) is 5.82 Å². The summed E-state index contributed by atoms with van der Waals surface area (Å²) in [5.41, 5.74) is -0.0108. The largest absolute Gasteiger partial charge is 0.444 e. The van der Waals surface area contributed by atoms with E-state index in [1.807, 2.05) is 0 Å². The predicted molar refractivity (Wildman–Crippen MR) is 85.8 cm³/mol. The number of ether oxygens (including phenoxy) is 1. The molecule has 0 bridgehead atoms. The Balaban J connectivity index is 2.11. The Hall–Kier alpha value is -2.11. The molecule has 0 N–H and O–H groups in total. The first-order chi connectivity index (χ1) is 10.7. The van der Waals surface area contributed by atoms with Crippen molar-refractivity contribution in [2.75, 3.05) is 18.5 Å². The van der Waals surface area contributed by atoms with E-state index in [1.165, 1.54) is 21.9 Å². The summed E-state index contributed by atoms with van der Waals surface area (Å²) in [5, 5.41) is 0. The summed E-state index contributed by atoms with van der Waals surface area (Å²) in [5.74, 6) is -0.550. The molecule has 1 aromatic rings. The minimum absolute atomic E-state index is 0.194. The Morgan fingerprint density at radius 1 is 1.26 bits per heavy atom. The van der Waals surface area contributed by atoms with E-state index < -0.39 is 17.7 Å². The molecule has 0 spiro atoms. The molecule has 6 heteroatoms. The number of hydrogen-bond donors (Lipinski definition) is 0. The van der Waals surface area contributed by atoms with Crippen molar-refractivity contribution in [3.05, 3.63) is 30.1 Å². The lowest BCUT2D eigenvalue weighted by Crippen LogP contribution is -2.48. The lowest BCUT2D eigenvalue weighted by atomic mass is 10.1. The van der Waals surface area contributed by atoms with Crippen LogP contribution < -0.4 is 4.90 Å². The third-order valence-corrected chi connectivity index (χ3v) is 3.71. The number of rotatable bonds is 2. The highest BCUT2D eigenvalue weighted by Gasteiger charge is 2.38. The summed E-state index contributed by atoms with van der Waals surface area (Å²) >= 11 is 0. The van der Waals surface area contributed by atoms with Gasteiger partial charge in [-0.3, -0.25) is 9.69 Å². The molecular formula is C17H23FN2O3. The molecule has 0 aliphatic carbocycles. The fourth-order valence-corrected chi connectivity index (χ4v) is 2.58. The van der Waals surface area contributed by atoms with Crippen molar-refractivity contribution < 1.29 is 18.7 Å². The standard InChI is InChI=1S/C17H23FN2O3/c1-17(2,3)23-16(22)20-11-5-6-14(20)15(21)19(4)13-9-7-12(18)8-10-13/h7-10,14H,5-6,11H2,1-4H3/t14-/m1/s1. The summed E-state index contributed by atoms with van der Waals surface area (Å²) < 4.78 is 18.4. The van der Waals surface area contributed by atoms with Gasteiger partial charge >= 0.3 is 6.09 Å². The van der Waals surface area contributed by atoms with Crippen molar-refractivity contribution in [2.24, 2.45) is 0 Å². The fraction of sp³-hybridized carbons (Fsp3) is 0.529. The Kier molecular flexibility index (Phi) is 4.92. The van der Waals surface area contributed by atoms with Crippen molar-refractivity contribution in [2.45, 2.75) is 45.3 Å². The molecule has 1 fully saturated rings. The zero-order valence-corrected chi connectivity index (χ0v) is 14.0. The van der Waals surface area contributed by atoms with E-state index in [2.05, 4.69) is 0 Å². The van der Waals surface area contributed by atoms with Crippen LogP contribution in [0.2, 0.25) is 0 Å². The molecule has 2 amide bonds. The van der Waals surface area contributed by atoms with Gasteiger partial charge in [-0.1, -0.05) is 0 Å². The zero-order chi connectivity index (χ0) is 17.2. The van der Waals surface area contributed by atoms with E-state index in [1.54, 1.807) is 40.0 Å². The SMILES string of the molecule is CN(C(=O)[C@H]1CCCN1C(=O)OC(C)(C)C)c1ccc(F)cc1. The number of amides is 2. The van der Waals surface area contributed by atoms with Gasteiger partial charge in [0.05, 0.1) is 0 Å². The molecule has 1 heterocycles. The molecule has 1 aliphatic rings. The monoisotopic (exact) mass is 322 g/mol. The first-order valence-corrected chi connectivity index (χ1v) is 7.72. The van der Waals surface area contributed by atoms with Crippen molar-refractivity contribution in [1.82, 2.24) is 4.90 Å². The number of likely N-dealkylation sites (tertiary alicyclic amines) is 1. The Morgan fingerprint density at radius 3 is 2.43 bits per heavy atom. The molecule has 0 unspecified atom stereocenters. The van der Waals surface area contributed by atoms with Gasteiger partial charge in [0.15, 0.2) is 0 Å². The Bertz CT molecular complexity index is 580. The van der Waals surface area contributed by atoms with Crippen LogP contribution in [-0.2, 0) is 9.53 Å². The summed E-state index contributed by atoms with van der Waals surface area (Å²) in [4.78, 5) is 27.9. The minimum Gasteiger partial charge on any atom is -0.444 e. The van der Waals surface area contributed by atoms with Gasteiger partial charge in [-0.05, 0) is 57.9 Å². The van der Waals surface area contributed by atoms with Crippen LogP contribution >= 0.6 is 0 Å². The van der Waals surface area contributed by atoms with Gasteiger partial charge in [0.2, 0.25) is 5.91 Å². The molecule has 1 saturated heterocycles. The summed E-state index contributed by atoms with van der Waals surface area (Å²) in [6.45, 7) is 5.88. The molecule has 1 atom stereocenters. The summed E-state index contributed by atoms with van der Waals surface area (Å²) in [6, 6.07) is 5.15. The predicted octanol–water partition coefficient (Wildman–Crippen LogP) is 3.19. The average Bonchev–Trinajstić information content (AvgIpc) is 2.94. The first-order valence-electron chi connectivity index (χ1n) is 7.72. The van der Waals surface area contributed by atoms with E-state index in [4.69, 9.17) is 4.74 Å². The first kappa shape index (κ1) is 17.2. The molecule has 0 radical (unpaired) electrons. The van der Waals surface area contributed by atoms with Gasteiger partial charge in [-0.15, -0.1) is 0 Å². The molecule has 1 aliphatic heterocycles. The topological polar surface area (TPSA) is 49.9 Å². The molecule has 0 saturated carbocycles. The number of likely N-dealkylation sites (N-methyl/N-ethyl adjacent to an activating group) is 1. The van der Waals surface area contributed by atoms with Crippen LogP contribution in [0.15, 0.2) is 24.3 Å². The number of nitrogens with zero attached hydrogens (tertiary/aromatic N) is 2. The van der Waals surface area contributed by atoms with Crippen molar-refractivity contribution in [3.63, 3.8) is 0 Å². The highest BCUT2D eigenvalue weighted by Crippen LogP contribution is 2.24. The van der Waals surface area contributed by atoms with E-state index in [9.17, 15) is 14.0 Å². The smallest absolute Gasteiger partial charge is 0.410 e. The van der Waals surface area contributed by atoms with Crippen molar-refractivity contribution in [3.8, 4) is 0 Å². The van der Waals surface area contributed by atoms with Gasteiger partial charge in [0.25, 0.3) is 0 Å². The molecule has 1 aromatic carbocycles. The van der Waals surface area contributed by atoms with E-state index in [0.29, 0.717) is 18.7 Å². The third kappa shape index (κ3) is 4.21. The zero-order valence-electron chi connectivity index (χ0n) is 14.0. The number of hydrogen-bond acceptors (Lipinski definition) is 3. The number of carbonyl (C=O) groups excluding carboxylic acids is 2. The van der Waals surface area contributed by atoms with Gasteiger partial charge in [-0.2, -0.15) is 0 Å². The molecular weight excluding hydrogens is 299 g/mol. The molecule has 23 heavy (non-hydrogen) atoms. The number of anilines is 1. The Morgan fingerprint density at radius 2 is 1.87 bits per heavy atom. The lowest BCUT2D eigenvalue weighted by molar-refractivity contribution is -0.122. The fourth-order valence-electron chi connectivity index (χ4n) is 2.58. The maximum atomic E-state index is 13.0. The number of benzene rings is 1. The third-order valence-electron chi connectivity index (χ3n) is 3.71. The normalized spacial score (nSPS) is 18.0. The maximum absolute atomic E-state index is 13.0. The van der Waals surface area contributed by atoms with Gasteiger partial charge < -0.3 is 9.64 Å². The molecule has 5 nitrogen and oxygen atoms in total. The summed E-state index contributed by atoms with van der Waals surface area (Å²) in [6.07, 6.45) is 0.886. The second-order valence-corrected chi connectivity index (χ2v) is 6.71. The van der Waals surface area contributed by atoms with Crippen LogP contribution in [-0.4, -0.2) is 42.1 Å². The van der Waals surface area contributed by atoms with Crippen molar-refractivity contribution in [1.29, 1.82) is 0 Å². The minimum atomic E-state index is -0.601. The van der Waals surface area contributed by atoms with Gasteiger partial charge in [0, 0.05) is 19.3 Å². The van der Waals surface area contributed by atoms with E-state index in [0.717, 1.165) is 6.42 Å². The van der Waals surface area contributed by atoms with E-state index in [-0.39, 0.29) is 11.7 Å². The van der Waals surface area contributed by atoms with Crippen LogP contribution in [0.4, 0.5) is 14.9 Å². The van der Waals surface area contributed by atoms with Crippen LogP contribution in [0.25, 0.3) is 0 Å². The average molecular weight is 322 g/mol. The Labute approximate surface area is 136 Å². The van der Waals surface area contributed by atoms with Crippen molar-refractivity contribution >= 4 is 17.7 Å². The second-order valence-electron chi connectivity index (χ2n) is 6.71. The van der Waals surface area contributed by atoms with E-state index >= 15 is 0 Å². The number of carbonyl (C=O) groups is 2. The molecule has 126 valence electrons. The summed E-state index contributed by atoms with van der Waals surface area (Å²) in [7, 11) is 1.63. The highest BCUT2D eigenvalue weighted by atomic mass is 19.1. The second kappa shape index (κ2) is 6.56. The molecule has 0 aromatic heterocycles. The maximum Gasteiger partial charge on any atom is 0.410 e. The molecule has 2 rings (SSSR count). The highest BCUT2D eigenvalue weighted by molar-refractivity contribution is 5.98. The lowest BCUT2D eigenvalue weighted by Gasteiger charge is -2.30. The van der Waals surface area contributed by atoms with Crippen LogP contribution in [0.5, 0.6) is 0 Å². The quantitative estimate of drug-likeness (QED) is 0.840. The number of halogens is 1.